The fourth-order valence-corrected chi connectivity index (χ4v) is 2.57. The summed E-state index contributed by atoms with van der Waals surface area (Å²) in [6.07, 6.45) is -3.75. The molecular weight excluding hydrogens is 379 g/mol. The molecule has 2 N–H and O–H groups in total. The van der Waals surface area contributed by atoms with Crippen LogP contribution in [0.3, 0.4) is 0 Å². The number of ether oxygens (including phenoxy) is 1. The van der Waals surface area contributed by atoms with Gasteiger partial charge in [-0.1, -0.05) is 12.1 Å². The molecule has 1 aromatic carbocycles. The van der Waals surface area contributed by atoms with Gasteiger partial charge >= 0.3 is 18.1 Å². The standard InChI is InChI=1S/C17H22F3N5O3/c1-11-23-25(15(27)24(11)21-4)14(26)22-16(2,3)10-9-12-5-7-13(8-6-12)28-17(18,19)20/h5-8,21H,9-10H2,1-4H3,(H,22,26). The van der Waals surface area contributed by atoms with Gasteiger partial charge in [0.2, 0.25) is 0 Å². The molecule has 0 radical (unpaired) electrons. The number of alkyl halides is 3. The van der Waals surface area contributed by atoms with Crippen LogP contribution in [0.1, 0.15) is 31.7 Å². The van der Waals surface area contributed by atoms with E-state index in [0.29, 0.717) is 18.7 Å². The van der Waals surface area contributed by atoms with Gasteiger partial charge in [0.15, 0.2) is 5.82 Å². The lowest BCUT2D eigenvalue weighted by atomic mass is 9.95. The second-order valence-electron chi connectivity index (χ2n) is 6.81. The molecule has 0 atom stereocenters. The topological polar surface area (TPSA) is 90.2 Å². The van der Waals surface area contributed by atoms with Gasteiger partial charge in [0.1, 0.15) is 5.75 Å². The van der Waals surface area contributed by atoms with Crippen LogP contribution in [0, 0.1) is 6.92 Å². The van der Waals surface area contributed by atoms with Crippen molar-refractivity contribution in [2.75, 3.05) is 12.5 Å². The Morgan fingerprint density at radius 2 is 1.82 bits per heavy atom. The summed E-state index contributed by atoms with van der Waals surface area (Å²) in [5.74, 6) is 0.0419. The zero-order valence-electron chi connectivity index (χ0n) is 15.9. The minimum Gasteiger partial charge on any atom is -0.406 e. The highest BCUT2D eigenvalue weighted by Crippen LogP contribution is 2.23. The van der Waals surface area contributed by atoms with Crippen LogP contribution in [0.4, 0.5) is 18.0 Å². The van der Waals surface area contributed by atoms with E-state index in [4.69, 9.17) is 0 Å². The maximum atomic E-state index is 12.4. The van der Waals surface area contributed by atoms with Crippen molar-refractivity contribution in [2.24, 2.45) is 0 Å². The van der Waals surface area contributed by atoms with Crippen molar-refractivity contribution in [2.45, 2.75) is 45.5 Å². The molecule has 1 aromatic heterocycles. The first kappa shape index (κ1) is 21.3. The fraction of sp³-hybridized carbons (Fsp3) is 0.471. The maximum Gasteiger partial charge on any atom is 0.573 e. The maximum absolute atomic E-state index is 12.4. The number of halogens is 3. The smallest absolute Gasteiger partial charge is 0.406 e. The molecule has 0 saturated carbocycles. The third-order valence-electron chi connectivity index (χ3n) is 4.00. The van der Waals surface area contributed by atoms with E-state index in [2.05, 4.69) is 20.6 Å². The van der Waals surface area contributed by atoms with E-state index < -0.39 is 23.6 Å². The van der Waals surface area contributed by atoms with Crippen LogP contribution in [0.2, 0.25) is 0 Å². The number of hydrogen-bond donors (Lipinski definition) is 2. The molecule has 0 aliphatic rings. The third kappa shape index (κ3) is 5.51. The molecule has 0 spiro atoms. The molecule has 0 saturated heterocycles. The van der Waals surface area contributed by atoms with E-state index in [-0.39, 0.29) is 5.75 Å². The Morgan fingerprint density at radius 3 is 2.32 bits per heavy atom. The number of benzene rings is 1. The highest BCUT2D eigenvalue weighted by Gasteiger charge is 2.31. The molecular formula is C17H22F3N5O3. The van der Waals surface area contributed by atoms with Crippen molar-refractivity contribution < 1.29 is 22.7 Å². The number of aryl methyl sites for hydroxylation is 2. The van der Waals surface area contributed by atoms with Crippen LogP contribution in [0.5, 0.6) is 5.75 Å². The second kappa shape index (κ2) is 7.95. The first-order valence-corrected chi connectivity index (χ1v) is 8.45. The Morgan fingerprint density at radius 1 is 1.21 bits per heavy atom. The summed E-state index contributed by atoms with van der Waals surface area (Å²) >= 11 is 0. The molecule has 0 unspecified atom stereocenters. The first-order valence-electron chi connectivity index (χ1n) is 8.45. The van der Waals surface area contributed by atoms with E-state index >= 15 is 0 Å². The van der Waals surface area contributed by atoms with Crippen molar-refractivity contribution >= 4 is 6.03 Å². The van der Waals surface area contributed by atoms with Gasteiger partial charge < -0.3 is 15.5 Å². The summed E-state index contributed by atoms with van der Waals surface area (Å²) in [5.41, 5.74) is 2.11. The van der Waals surface area contributed by atoms with Gasteiger partial charge in [-0.2, -0.15) is 4.68 Å². The molecule has 154 valence electrons. The predicted octanol–water partition coefficient (Wildman–Crippen LogP) is 2.39. The summed E-state index contributed by atoms with van der Waals surface area (Å²) < 4.78 is 42.3. The second-order valence-corrected chi connectivity index (χ2v) is 6.81. The van der Waals surface area contributed by atoms with E-state index in [0.717, 1.165) is 14.9 Å². The minimum absolute atomic E-state index is 0.293. The normalized spacial score (nSPS) is 12.0. The van der Waals surface area contributed by atoms with Crippen molar-refractivity contribution in [3.8, 4) is 5.75 Å². The zero-order valence-corrected chi connectivity index (χ0v) is 15.9. The quantitative estimate of drug-likeness (QED) is 0.776. The summed E-state index contributed by atoms with van der Waals surface area (Å²) in [5, 5.41) is 6.65. The number of carbonyl (C=O) groups is 1. The Bertz CT molecular complexity index is 885. The van der Waals surface area contributed by atoms with Gasteiger partial charge in [0, 0.05) is 12.6 Å². The van der Waals surface area contributed by atoms with Crippen LogP contribution in [-0.4, -0.2) is 39.4 Å². The summed E-state index contributed by atoms with van der Waals surface area (Å²) in [7, 11) is 1.54. The Hall–Kier alpha value is -2.98. The van der Waals surface area contributed by atoms with Crippen molar-refractivity contribution in [3.63, 3.8) is 0 Å². The minimum atomic E-state index is -4.73. The summed E-state index contributed by atoms with van der Waals surface area (Å²) in [6, 6.07) is 4.87. The molecule has 28 heavy (non-hydrogen) atoms. The summed E-state index contributed by atoms with van der Waals surface area (Å²) in [4.78, 5) is 24.5. The molecule has 1 heterocycles. The van der Waals surface area contributed by atoms with Gasteiger partial charge in [-0.3, -0.25) is 0 Å². The van der Waals surface area contributed by atoms with Gasteiger partial charge in [0.25, 0.3) is 0 Å². The van der Waals surface area contributed by atoms with Gasteiger partial charge in [-0.25, -0.2) is 9.59 Å². The molecule has 0 fully saturated rings. The molecule has 2 aromatic rings. The molecule has 0 bridgehead atoms. The monoisotopic (exact) mass is 401 g/mol. The molecule has 0 aliphatic carbocycles. The SMILES string of the molecule is CNn1c(C)nn(C(=O)NC(C)(C)CCc2ccc(OC(F)(F)F)cc2)c1=O. The van der Waals surface area contributed by atoms with E-state index in [1.807, 2.05) is 0 Å². The van der Waals surface area contributed by atoms with Gasteiger partial charge in [0.05, 0.1) is 0 Å². The lowest BCUT2D eigenvalue weighted by Gasteiger charge is -2.25. The van der Waals surface area contributed by atoms with Crippen molar-refractivity contribution in [1.29, 1.82) is 0 Å². The van der Waals surface area contributed by atoms with Crippen LogP contribution in [0.25, 0.3) is 0 Å². The summed E-state index contributed by atoms with van der Waals surface area (Å²) in [6.45, 7) is 5.14. The number of carbonyl (C=O) groups excluding carboxylic acids is 1. The average Bonchev–Trinajstić information content (AvgIpc) is 2.86. The van der Waals surface area contributed by atoms with E-state index in [1.54, 1.807) is 20.8 Å². The number of nitrogens with zero attached hydrogens (tertiary/aromatic N) is 3. The van der Waals surface area contributed by atoms with Crippen molar-refractivity contribution in [3.05, 3.63) is 46.1 Å². The molecule has 0 aliphatic heterocycles. The average molecular weight is 401 g/mol. The zero-order chi connectivity index (χ0) is 21.1. The van der Waals surface area contributed by atoms with Crippen molar-refractivity contribution in [1.82, 2.24) is 19.8 Å². The number of hydrogen-bond acceptors (Lipinski definition) is 5. The number of amides is 1. The molecule has 11 heteroatoms. The third-order valence-corrected chi connectivity index (χ3v) is 4.00. The molecule has 1 amide bonds. The van der Waals surface area contributed by atoms with Gasteiger partial charge in [-0.05, 0) is 51.3 Å². The largest absolute Gasteiger partial charge is 0.573 e. The Balaban J connectivity index is 1.98. The predicted molar refractivity (Wildman–Crippen MR) is 96.0 cm³/mol. The highest BCUT2D eigenvalue weighted by molar-refractivity contribution is 5.76. The Labute approximate surface area is 159 Å². The molecule has 2 rings (SSSR count). The first-order chi connectivity index (χ1) is 12.9. The Kier molecular flexibility index (Phi) is 6.05. The molecule has 8 nitrogen and oxygen atoms in total. The van der Waals surface area contributed by atoms with Crippen LogP contribution >= 0.6 is 0 Å². The van der Waals surface area contributed by atoms with E-state index in [1.165, 1.54) is 31.3 Å². The number of aromatic nitrogens is 3. The van der Waals surface area contributed by atoms with Gasteiger partial charge in [-0.15, -0.1) is 23.0 Å². The van der Waals surface area contributed by atoms with Crippen LogP contribution in [-0.2, 0) is 6.42 Å². The number of rotatable bonds is 6. The number of nitrogens with one attached hydrogen (secondary N) is 2. The van der Waals surface area contributed by atoms with Crippen LogP contribution < -0.4 is 21.2 Å². The lowest BCUT2D eigenvalue weighted by molar-refractivity contribution is -0.274. The van der Waals surface area contributed by atoms with E-state index in [9.17, 15) is 22.8 Å². The van der Waals surface area contributed by atoms with Crippen LogP contribution in [0.15, 0.2) is 29.1 Å². The highest BCUT2D eigenvalue weighted by atomic mass is 19.4. The fourth-order valence-electron chi connectivity index (χ4n) is 2.57. The lowest BCUT2D eigenvalue weighted by Crippen LogP contribution is -2.49.